The van der Waals surface area contributed by atoms with Gasteiger partial charge in [-0.25, -0.2) is 4.98 Å². The summed E-state index contributed by atoms with van der Waals surface area (Å²) in [6.07, 6.45) is 5.40. The van der Waals surface area contributed by atoms with Gasteiger partial charge in [-0.3, -0.25) is 10.4 Å². The van der Waals surface area contributed by atoms with Crippen molar-refractivity contribution in [3.63, 3.8) is 0 Å². The first-order valence-corrected chi connectivity index (χ1v) is 10.7. The maximum Gasteiger partial charge on any atom is 0.228 e. The Labute approximate surface area is 186 Å². The van der Waals surface area contributed by atoms with Gasteiger partial charge in [-0.1, -0.05) is 42.0 Å². The van der Waals surface area contributed by atoms with Crippen LogP contribution in [0.5, 0.6) is 0 Å². The summed E-state index contributed by atoms with van der Waals surface area (Å²) in [5.74, 6) is 1.35. The van der Waals surface area contributed by atoms with E-state index in [1.54, 1.807) is 12.4 Å². The Balaban J connectivity index is 1.58. The zero-order valence-electron chi connectivity index (χ0n) is 17.9. The molecule has 7 heteroatoms. The molecule has 5 rings (SSSR count). The maximum atomic E-state index is 5.51. The molecule has 0 aliphatic carbocycles. The zero-order chi connectivity index (χ0) is 21.8. The van der Waals surface area contributed by atoms with Crippen LogP contribution in [0.2, 0.25) is 0 Å². The third-order valence-electron chi connectivity index (χ3n) is 5.43. The minimum absolute atomic E-state index is 0.668. The molecule has 0 saturated carbocycles. The zero-order valence-corrected chi connectivity index (χ0v) is 17.9. The lowest BCUT2D eigenvalue weighted by Crippen LogP contribution is -2.37. The van der Waals surface area contributed by atoms with Crippen molar-refractivity contribution in [1.82, 2.24) is 15.0 Å². The largest absolute Gasteiger partial charge is 0.378 e. The number of benzene rings is 2. The number of anilines is 2. The maximum absolute atomic E-state index is 5.51. The normalized spacial score (nSPS) is 14.2. The molecule has 0 radical (unpaired) electrons. The fraction of sp³-hybridized carbons (Fsp3) is 0.200. The molecule has 2 aromatic heterocycles. The van der Waals surface area contributed by atoms with Crippen LogP contribution in [0.15, 0.2) is 72.1 Å². The summed E-state index contributed by atoms with van der Waals surface area (Å²) >= 11 is 0. The van der Waals surface area contributed by atoms with Gasteiger partial charge < -0.3 is 9.64 Å². The number of para-hydroxylation sites is 1. The van der Waals surface area contributed by atoms with Gasteiger partial charge in [0.05, 0.1) is 24.9 Å². The number of nitrogens with one attached hydrogen (secondary N) is 1. The molecule has 4 aromatic rings. The number of hydrogen-bond donors (Lipinski definition) is 1. The summed E-state index contributed by atoms with van der Waals surface area (Å²) in [5.41, 5.74) is 8.36. The molecule has 7 nitrogen and oxygen atoms in total. The van der Waals surface area contributed by atoms with E-state index in [0.717, 1.165) is 40.7 Å². The summed E-state index contributed by atoms with van der Waals surface area (Å²) in [4.78, 5) is 16.1. The number of aromatic nitrogens is 3. The molecule has 0 unspecified atom stereocenters. The summed E-state index contributed by atoms with van der Waals surface area (Å²) in [6, 6.07) is 18.3. The van der Waals surface area contributed by atoms with Crippen LogP contribution >= 0.6 is 0 Å². The van der Waals surface area contributed by atoms with Crippen LogP contribution in [0.3, 0.4) is 0 Å². The minimum Gasteiger partial charge on any atom is -0.378 e. The number of aryl methyl sites for hydroxylation is 1. The molecule has 3 heterocycles. The van der Waals surface area contributed by atoms with E-state index in [0.29, 0.717) is 25.0 Å². The highest BCUT2D eigenvalue weighted by Crippen LogP contribution is 2.32. The molecule has 160 valence electrons. The van der Waals surface area contributed by atoms with Gasteiger partial charge in [0.15, 0.2) is 5.82 Å². The number of fused-ring (bicyclic) bond motifs is 1. The third kappa shape index (κ3) is 4.29. The number of nitrogens with zero attached hydrogens (tertiary/aromatic N) is 5. The predicted octanol–water partition coefficient (Wildman–Crippen LogP) is 4.28. The Morgan fingerprint density at radius 2 is 1.81 bits per heavy atom. The summed E-state index contributed by atoms with van der Waals surface area (Å²) < 4.78 is 5.51. The Bertz CT molecular complexity index is 1250. The SMILES string of the molecule is Cc1cccc(C=NNc2nc(N3CCOCC3)nc3c(-c4ccncc4)cccc23)c1. The molecule has 0 amide bonds. The summed E-state index contributed by atoms with van der Waals surface area (Å²) in [6.45, 7) is 4.92. The summed E-state index contributed by atoms with van der Waals surface area (Å²) in [5, 5.41) is 5.39. The van der Waals surface area contributed by atoms with Gasteiger partial charge in [0.1, 0.15) is 0 Å². The molecule has 1 aliphatic heterocycles. The van der Waals surface area contributed by atoms with E-state index in [1.807, 2.05) is 42.6 Å². The van der Waals surface area contributed by atoms with Crippen LogP contribution in [0.1, 0.15) is 11.1 Å². The van der Waals surface area contributed by atoms with Crippen LogP contribution in [-0.2, 0) is 4.74 Å². The first-order chi connectivity index (χ1) is 15.8. The lowest BCUT2D eigenvalue weighted by atomic mass is 10.0. The number of hydrogen-bond acceptors (Lipinski definition) is 7. The number of hydrazone groups is 1. The van der Waals surface area contributed by atoms with E-state index in [1.165, 1.54) is 5.56 Å². The van der Waals surface area contributed by atoms with Crippen LogP contribution < -0.4 is 10.3 Å². The predicted molar refractivity (Wildman–Crippen MR) is 128 cm³/mol. The molecule has 1 N–H and O–H groups in total. The average Bonchev–Trinajstić information content (AvgIpc) is 2.85. The van der Waals surface area contributed by atoms with Crippen LogP contribution in [0.4, 0.5) is 11.8 Å². The first kappa shape index (κ1) is 20.1. The molecule has 1 fully saturated rings. The van der Waals surface area contributed by atoms with Crippen LogP contribution in [0.25, 0.3) is 22.0 Å². The highest BCUT2D eigenvalue weighted by atomic mass is 16.5. The van der Waals surface area contributed by atoms with Crippen molar-refractivity contribution in [1.29, 1.82) is 0 Å². The quantitative estimate of drug-likeness (QED) is 0.381. The van der Waals surface area contributed by atoms with E-state index in [-0.39, 0.29) is 0 Å². The second kappa shape index (κ2) is 9.11. The third-order valence-corrected chi connectivity index (χ3v) is 5.43. The highest BCUT2D eigenvalue weighted by molar-refractivity contribution is 6.00. The van der Waals surface area contributed by atoms with Crippen molar-refractivity contribution in [2.24, 2.45) is 5.10 Å². The highest BCUT2D eigenvalue weighted by Gasteiger charge is 2.18. The first-order valence-electron chi connectivity index (χ1n) is 10.7. The van der Waals surface area contributed by atoms with Crippen molar-refractivity contribution in [2.45, 2.75) is 6.92 Å². The topological polar surface area (TPSA) is 75.5 Å². The standard InChI is InChI=1S/C25H24N6O/c1-18-4-2-5-19(16-18)17-27-30-24-22-7-3-6-21(20-8-10-26-11-9-20)23(22)28-25(29-24)31-12-14-32-15-13-31/h2-11,16-17H,12-15H2,1H3,(H,28,29,30). The van der Waals surface area contributed by atoms with Gasteiger partial charge in [0.25, 0.3) is 0 Å². The van der Waals surface area contributed by atoms with Crippen molar-refractivity contribution >= 4 is 28.9 Å². The van der Waals surface area contributed by atoms with E-state index < -0.39 is 0 Å². The Morgan fingerprint density at radius 3 is 2.62 bits per heavy atom. The van der Waals surface area contributed by atoms with E-state index >= 15 is 0 Å². The molecule has 0 atom stereocenters. The Morgan fingerprint density at radius 1 is 1.00 bits per heavy atom. The van der Waals surface area contributed by atoms with Gasteiger partial charge in [0.2, 0.25) is 5.95 Å². The molecule has 2 aromatic carbocycles. The van der Waals surface area contributed by atoms with Gasteiger partial charge in [-0.2, -0.15) is 10.1 Å². The smallest absolute Gasteiger partial charge is 0.228 e. The van der Waals surface area contributed by atoms with Crippen molar-refractivity contribution < 1.29 is 4.74 Å². The van der Waals surface area contributed by atoms with Gasteiger partial charge >= 0.3 is 0 Å². The molecular formula is C25H24N6O. The molecule has 0 spiro atoms. The van der Waals surface area contributed by atoms with E-state index in [2.05, 4.69) is 45.5 Å². The Kier molecular flexibility index (Phi) is 5.72. The Hall–Kier alpha value is -3.84. The monoisotopic (exact) mass is 424 g/mol. The number of ether oxygens (including phenoxy) is 1. The second-order valence-corrected chi connectivity index (χ2v) is 7.69. The molecular weight excluding hydrogens is 400 g/mol. The number of rotatable bonds is 5. The second-order valence-electron chi connectivity index (χ2n) is 7.69. The summed E-state index contributed by atoms with van der Waals surface area (Å²) in [7, 11) is 0. The van der Waals surface area contributed by atoms with Crippen molar-refractivity contribution in [3.05, 3.63) is 78.1 Å². The molecule has 1 saturated heterocycles. The molecule has 32 heavy (non-hydrogen) atoms. The minimum atomic E-state index is 0.668. The van der Waals surface area contributed by atoms with Crippen LogP contribution in [-0.4, -0.2) is 47.5 Å². The number of morpholine rings is 1. The molecule has 1 aliphatic rings. The lowest BCUT2D eigenvalue weighted by molar-refractivity contribution is 0.122. The van der Waals surface area contributed by atoms with Gasteiger partial charge in [-0.05, 0) is 36.2 Å². The molecule has 0 bridgehead atoms. The van der Waals surface area contributed by atoms with Crippen molar-refractivity contribution in [3.8, 4) is 11.1 Å². The number of pyridine rings is 1. The lowest BCUT2D eigenvalue weighted by Gasteiger charge is -2.27. The fourth-order valence-corrected chi connectivity index (χ4v) is 3.81. The van der Waals surface area contributed by atoms with Crippen LogP contribution in [0, 0.1) is 6.92 Å². The average molecular weight is 425 g/mol. The van der Waals surface area contributed by atoms with Gasteiger partial charge in [0, 0.05) is 36.4 Å². The van der Waals surface area contributed by atoms with E-state index in [9.17, 15) is 0 Å². The van der Waals surface area contributed by atoms with E-state index in [4.69, 9.17) is 14.7 Å². The van der Waals surface area contributed by atoms with Crippen molar-refractivity contribution in [2.75, 3.05) is 36.6 Å². The fourth-order valence-electron chi connectivity index (χ4n) is 3.81. The van der Waals surface area contributed by atoms with Gasteiger partial charge in [-0.15, -0.1) is 0 Å².